The van der Waals surface area contributed by atoms with Gasteiger partial charge in [0.05, 0.1) is 5.57 Å². The number of allylic oxidation sites excluding steroid dienone is 1. The van der Waals surface area contributed by atoms with Gasteiger partial charge in [0.1, 0.15) is 11.9 Å². The summed E-state index contributed by atoms with van der Waals surface area (Å²) >= 11 is 1.52. The molecule has 1 atom stereocenters. The molecule has 1 aromatic carbocycles. The number of hydrogen-bond donors (Lipinski definition) is 2. The van der Waals surface area contributed by atoms with Crippen molar-refractivity contribution in [2.45, 2.75) is 26.8 Å². The number of carboxylic acid groups (broad SMARTS) is 1. The second kappa shape index (κ2) is 6.96. The normalized spacial score (nSPS) is 18.2. The molecule has 1 heterocycles. The Bertz CT molecular complexity index is 641. The fourth-order valence-electron chi connectivity index (χ4n) is 2.17. The van der Waals surface area contributed by atoms with E-state index in [2.05, 4.69) is 24.2 Å². The molecule has 1 aliphatic heterocycles. The van der Waals surface area contributed by atoms with Gasteiger partial charge in [0, 0.05) is 17.0 Å². The second-order valence-electron chi connectivity index (χ2n) is 5.53. The Hall–Kier alpha value is -1.82. The van der Waals surface area contributed by atoms with E-state index < -0.39 is 17.8 Å². The molecule has 0 aromatic heterocycles. The summed E-state index contributed by atoms with van der Waals surface area (Å²) in [6.45, 7) is 5.87. The lowest BCUT2D eigenvalue weighted by Crippen LogP contribution is -2.30. The first kappa shape index (κ1) is 16.5. The molecule has 0 amide bonds. The van der Waals surface area contributed by atoms with Crippen molar-refractivity contribution in [1.29, 1.82) is 0 Å². The first-order valence-corrected chi connectivity index (χ1v) is 8.04. The van der Waals surface area contributed by atoms with E-state index >= 15 is 0 Å². The van der Waals surface area contributed by atoms with Crippen LogP contribution in [0.3, 0.4) is 0 Å². The van der Waals surface area contributed by atoms with Gasteiger partial charge in [0.25, 0.3) is 0 Å². The largest absolute Gasteiger partial charge is 0.478 e. The summed E-state index contributed by atoms with van der Waals surface area (Å²) in [6, 6.07) is 5.34. The van der Waals surface area contributed by atoms with Gasteiger partial charge in [-0.05, 0) is 18.9 Å². The summed E-state index contributed by atoms with van der Waals surface area (Å²) in [5.41, 5.74) is 0.865. The third-order valence-electron chi connectivity index (χ3n) is 3.20. The van der Waals surface area contributed by atoms with E-state index in [0.717, 1.165) is 5.75 Å². The van der Waals surface area contributed by atoms with E-state index in [1.165, 1.54) is 17.8 Å². The van der Waals surface area contributed by atoms with Crippen LogP contribution in [-0.2, 0) is 4.79 Å². The van der Waals surface area contributed by atoms with Crippen LogP contribution < -0.4 is 5.32 Å². The average Bonchev–Trinajstić information content (AvgIpc) is 2.44. The molecule has 2 N–H and O–H groups in total. The highest BCUT2D eigenvalue weighted by atomic mass is 32.2. The lowest BCUT2D eigenvalue weighted by atomic mass is 9.96. The van der Waals surface area contributed by atoms with Crippen LogP contribution in [0, 0.1) is 11.7 Å². The van der Waals surface area contributed by atoms with E-state index in [0.29, 0.717) is 16.8 Å². The number of carboxylic acids is 1. The Kier molecular flexibility index (Phi) is 5.24. The van der Waals surface area contributed by atoms with Gasteiger partial charge in [0.2, 0.25) is 0 Å². The molecule has 0 aliphatic carbocycles. The highest BCUT2D eigenvalue weighted by Crippen LogP contribution is 2.33. The maximum absolute atomic E-state index is 14.1. The van der Waals surface area contributed by atoms with E-state index in [1.54, 1.807) is 25.1 Å². The van der Waals surface area contributed by atoms with Gasteiger partial charge in [0.15, 0.2) is 5.17 Å². The van der Waals surface area contributed by atoms with Crippen LogP contribution in [0.1, 0.15) is 32.4 Å². The molecule has 0 bridgehead atoms. The molecule has 0 fully saturated rings. The molecule has 118 valence electrons. The zero-order valence-corrected chi connectivity index (χ0v) is 13.6. The molecular formula is C16H19FN2O2S. The fourth-order valence-corrected chi connectivity index (χ4v) is 3.06. The number of aliphatic carboxylic acids is 1. The van der Waals surface area contributed by atoms with Crippen LogP contribution >= 0.6 is 11.8 Å². The fraction of sp³-hybridized carbons (Fsp3) is 0.375. The molecule has 0 saturated heterocycles. The van der Waals surface area contributed by atoms with Crippen LogP contribution in [0.15, 0.2) is 40.5 Å². The summed E-state index contributed by atoms with van der Waals surface area (Å²) < 4.78 is 14.1. The minimum absolute atomic E-state index is 0.0824. The smallest absolute Gasteiger partial charge is 0.335 e. The lowest BCUT2D eigenvalue weighted by molar-refractivity contribution is -0.133. The molecule has 4 nitrogen and oxygen atoms in total. The number of benzene rings is 1. The van der Waals surface area contributed by atoms with Gasteiger partial charge in [-0.15, -0.1) is 0 Å². The average molecular weight is 322 g/mol. The zero-order chi connectivity index (χ0) is 16.3. The molecule has 0 radical (unpaired) electrons. The number of thioether (sulfide) groups is 1. The highest BCUT2D eigenvalue weighted by molar-refractivity contribution is 8.13. The molecule has 6 heteroatoms. The molecule has 1 aliphatic rings. The number of hydrogen-bond acceptors (Lipinski definition) is 4. The SMILES string of the molecule is CC1=C(C(=O)O)C(c2ccccc2F)N=C(SCC(C)C)N1. The number of nitrogens with one attached hydrogen (secondary N) is 1. The maximum atomic E-state index is 14.1. The van der Waals surface area contributed by atoms with Crippen LogP contribution in [0.5, 0.6) is 0 Å². The monoisotopic (exact) mass is 322 g/mol. The number of amidine groups is 1. The van der Waals surface area contributed by atoms with Crippen LogP contribution in [0.2, 0.25) is 0 Å². The van der Waals surface area contributed by atoms with Crippen LogP contribution in [0.4, 0.5) is 4.39 Å². The van der Waals surface area contributed by atoms with Gasteiger partial charge < -0.3 is 10.4 Å². The maximum Gasteiger partial charge on any atom is 0.335 e. The third-order valence-corrected chi connectivity index (χ3v) is 4.52. The number of rotatable bonds is 4. The number of halogens is 1. The van der Waals surface area contributed by atoms with Crippen molar-refractivity contribution in [3.63, 3.8) is 0 Å². The Morgan fingerprint density at radius 1 is 1.45 bits per heavy atom. The summed E-state index contributed by atoms with van der Waals surface area (Å²) in [7, 11) is 0. The van der Waals surface area contributed by atoms with Gasteiger partial charge >= 0.3 is 5.97 Å². The lowest BCUT2D eigenvalue weighted by Gasteiger charge is -2.25. The summed E-state index contributed by atoms with van der Waals surface area (Å²) in [6.07, 6.45) is 0. The van der Waals surface area contributed by atoms with Gasteiger partial charge in [-0.2, -0.15) is 0 Å². The van der Waals surface area contributed by atoms with Crippen molar-refractivity contribution < 1.29 is 14.3 Å². The Morgan fingerprint density at radius 3 is 2.73 bits per heavy atom. The molecule has 0 spiro atoms. The topological polar surface area (TPSA) is 61.7 Å². The second-order valence-corrected chi connectivity index (χ2v) is 6.54. The van der Waals surface area contributed by atoms with Crippen molar-refractivity contribution in [1.82, 2.24) is 5.32 Å². The predicted octanol–water partition coefficient (Wildman–Crippen LogP) is 3.57. The minimum Gasteiger partial charge on any atom is -0.478 e. The van der Waals surface area contributed by atoms with Crippen molar-refractivity contribution in [2.75, 3.05) is 5.75 Å². The van der Waals surface area contributed by atoms with E-state index in [-0.39, 0.29) is 11.1 Å². The molecule has 22 heavy (non-hydrogen) atoms. The van der Waals surface area contributed by atoms with Crippen LogP contribution in [-0.4, -0.2) is 22.0 Å². The van der Waals surface area contributed by atoms with Crippen molar-refractivity contribution in [3.8, 4) is 0 Å². The molecule has 1 aromatic rings. The summed E-state index contributed by atoms with van der Waals surface area (Å²) in [4.78, 5) is 16.0. The minimum atomic E-state index is -1.09. The molecular weight excluding hydrogens is 303 g/mol. The van der Waals surface area contributed by atoms with E-state index in [1.807, 2.05) is 0 Å². The van der Waals surface area contributed by atoms with Crippen molar-refractivity contribution in [2.24, 2.45) is 10.9 Å². The molecule has 2 rings (SSSR count). The zero-order valence-electron chi connectivity index (χ0n) is 12.8. The van der Waals surface area contributed by atoms with Crippen molar-refractivity contribution >= 4 is 22.9 Å². The number of nitrogens with zero attached hydrogens (tertiary/aromatic N) is 1. The van der Waals surface area contributed by atoms with E-state index in [9.17, 15) is 14.3 Å². The number of aliphatic imine (C=N–C) groups is 1. The van der Waals surface area contributed by atoms with Gasteiger partial charge in [-0.1, -0.05) is 43.8 Å². The van der Waals surface area contributed by atoms with Crippen LogP contribution in [0.25, 0.3) is 0 Å². The first-order chi connectivity index (χ1) is 10.4. The Morgan fingerprint density at radius 2 is 2.14 bits per heavy atom. The summed E-state index contributed by atoms with van der Waals surface area (Å²) in [5.74, 6) is -0.203. The molecule has 0 saturated carbocycles. The standard InChI is InChI=1S/C16H19FN2O2S/c1-9(2)8-22-16-18-10(3)13(15(20)21)14(19-16)11-6-4-5-7-12(11)17/h4-7,9,14H,8H2,1-3H3,(H,18,19)(H,20,21). The highest BCUT2D eigenvalue weighted by Gasteiger charge is 2.30. The summed E-state index contributed by atoms with van der Waals surface area (Å²) in [5, 5.41) is 13.1. The van der Waals surface area contributed by atoms with E-state index in [4.69, 9.17) is 0 Å². The van der Waals surface area contributed by atoms with Crippen molar-refractivity contribution in [3.05, 3.63) is 46.9 Å². The Balaban J connectivity index is 2.41. The Labute approximate surface area is 133 Å². The van der Waals surface area contributed by atoms with Gasteiger partial charge in [-0.3, -0.25) is 0 Å². The quantitative estimate of drug-likeness (QED) is 0.889. The number of carbonyl (C=O) groups is 1. The van der Waals surface area contributed by atoms with Gasteiger partial charge in [-0.25, -0.2) is 14.2 Å². The molecule has 1 unspecified atom stereocenters. The first-order valence-electron chi connectivity index (χ1n) is 7.06. The third kappa shape index (κ3) is 3.68. The predicted molar refractivity (Wildman–Crippen MR) is 87.3 cm³/mol.